The highest BCUT2D eigenvalue weighted by Crippen LogP contribution is 2.26. The van der Waals surface area contributed by atoms with Crippen molar-refractivity contribution in [2.24, 2.45) is 0 Å². The number of nitrogens with one attached hydrogen (secondary N) is 1. The van der Waals surface area contributed by atoms with E-state index >= 15 is 0 Å². The number of rotatable bonds is 7. The van der Waals surface area contributed by atoms with Gasteiger partial charge in [-0.05, 0) is 61.3 Å². The molecule has 0 saturated carbocycles. The summed E-state index contributed by atoms with van der Waals surface area (Å²) in [5.74, 6) is 0.709. The third-order valence-corrected chi connectivity index (χ3v) is 4.43. The summed E-state index contributed by atoms with van der Waals surface area (Å²) in [4.78, 5) is 5.33. The summed E-state index contributed by atoms with van der Waals surface area (Å²) in [5.41, 5.74) is 2.49. The van der Waals surface area contributed by atoms with E-state index in [1.54, 1.807) is 11.8 Å². The zero-order chi connectivity index (χ0) is 15.1. The van der Waals surface area contributed by atoms with Crippen LogP contribution in [0, 0.1) is 12.7 Å². The van der Waals surface area contributed by atoms with Crippen LogP contribution in [0.25, 0.3) is 0 Å². The van der Waals surface area contributed by atoms with Crippen molar-refractivity contribution in [1.82, 2.24) is 10.3 Å². The van der Waals surface area contributed by atoms with Crippen LogP contribution in [0.5, 0.6) is 0 Å². The molecule has 2 aromatic rings. The molecule has 0 saturated heterocycles. The second kappa shape index (κ2) is 8.15. The Bertz CT molecular complexity index is 557. The molecule has 0 aliphatic heterocycles. The predicted octanol–water partition coefficient (Wildman–Crippen LogP) is 4.36. The highest BCUT2D eigenvalue weighted by Gasteiger charge is 2.13. The Balaban J connectivity index is 2.06. The summed E-state index contributed by atoms with van der Waals surface area (Å²) >= 11 is 1.73. The molecule has 0 radical (unpaired) electrons. The van der Waals surface area contributed by atoms with E-state index in [1.165, 1.54) is 23.3 Å². The van der Waals surface area contributed by atoms with E-state index in [0.29, 0.717) is 0 Å². The Labute approximate surface area is 130 Å². The van der Waals surface area contributed by atoms with Gasteiger partial charge >= 0.3 is 0 Å². The van der Waals surface area contributed by atoms with Crippen LogP contribution in [-0.4, -0.2) is 17.3 Å². The van der Waals surface area contributed by atoms with E-state index in [1.807, 2.05) is 30.6 Å². The van der Waals surface area contributed by atoms with Crippen molar-refractivity contribution in [3.63, 3.8) is 0 Å². The average Bonchev–Trinajstić information content (AvgIpc) is 2.50. The van der Waals surface area contributed by atoms with Crippen LogP contribution in [-0.2, 0) is 0 Å². The van der Waals surface area contributed by atoms with E-state index in [0.717, 1.165) is 23.6 Å². The van der Waals surface area contributed by atoms with Crippen molar-refractivity contribution in [2.45, 2.75) is 31.2 Å². The normalized spacial score (nSPS) is 12.3. The number of aromatic nitrogens is 1. The monoisotopic (exact) mass is 304 g/mol. The van der Waals surface area contributed by atoms with Crippen molar-refractivity contribution >= 4 is 11.8 Å². The first-order valence-electron chi connectivity index (χ1n) is 7.23. The Morgan fingerprint density at radius 2 is 2.00 bits per heavy atom. The van der Waals surface area contributed by atoms with Gasteiger partial charge in [-0.2, -0.15) is 0 Å². The molecule has 4 heteroatoms. The molecule has 2 rings (SSSR count). The van der Waals surface area contributed by atoms with Gasteiger partial charge in [0.2, 0.25) is 0 Å². The fourth-order valence-electron chi connectivity index (χ4n) is 2.13. The van der Waals surface area contributed by atoms with Gasteiger partial charge in [-0.3, -0.25) is 4.98 Å². The lowest BCUT2D eigenvalue weighted by Gasteiger charge is -2.20. The molecule has 0 amide bonds. The minimum absolute atomic E-state index is 0.192. The van der Waals surface area contributed by atoms with Gasteiger partial charge in [-0.15, -0.1) is 11.8 Å². The van der Waals surface area contributed by atoms with Gasteiger partial charge in [0.25, 0.3) is 0 Å². The Hall–Kier alpha value is -1.39. The van der Waals surface area contributed by atoms with Crippen LogP contribution in [0.4, 0.5) is 4.39 Å². The van der Waals surface area contributed by atoms with Gasteiger partial charge in [0.1, 0.15) is 5.82 Å². The third kappa shape index (κ3) is 4.83. The second-order valence-corrected chi connectivity index (χ2v) is 6.10. The Kier molecular flexibility index (Phi) is 6.21. The number of halogens is 1. The number of thioether (sulfide) groups is 1. The second-order valence-electron chi connectivity index (χ2n) is 5.00. The predicted molar refractivity (Wildman–Crippen MR) is 87.1 cm³/mol. The first-order valence-corrected chi connectivity index (χ1v) is 8.21. The molecule has 1 N–H and O–H groups in total. The van der Waals surface area contributed by atoms with Gasteiger partial charge in [-0.1, -0.05) is 6.92 Å². The largest absolute Gasteiger partial charge is 0.309 e. The molecule has 2 nitrogen and oxygen atoms in total. The van der Waals surface area contributed by atoms with Crippen LogP contribution in [0.2, 0.25) is 0 Å². The topological polar surface area (TPSA) is 24.9 Å². The lowest BCUT2D eigenvalue weighted by molar-refractivity contribution is 0.573. The van der Waals surface area contributed by atoms with E-state index < -0.39 is 0 Å². The molecule has 0 fully saturated rings. The van der Waals surface area contributed by atoms with Gasteiger partial charge in [-0.25, -0.2) is 4.39 Å². The van der Waals surface area contributed by atoms with Crippen molar-refractivity contribution in [1.29, 1.82) is 0 Å². The Morgan fingerprint density at radius 1 is 1.24 bits per heavy atom. The molecule has 0 bridgehead atoms. The fourth-order valence-corrected chi connectivity index (χ4v) is 3.11. The number of hydrogen-bond donors (Lipinski definition) is 1. The molecule has 0 aliphatic rings. The maximum atomic E-state index is 12.9. The average molecular weight is 304 g/mol. The molecular formula is C17H21FN2S. The van der Waals surface area contributed by atoms with Crippen molar-refractivity contribution in [3.8, 4) is 0 Å². The summed E-state index contributed by atoms with van der Waals surface area (Å²) in [5, 5.41) is 3.57. The minimum atomic E-state index is -0.192. The van der Waals surface area contributed by atoms with Gasteiger partial charge in [0.05, 0.1) is 0 Å². The number of aryl methyl sites for hydroxylation is 1. The van der Waals surface area contributed by atoms with E-state index in [9.17, 15) is 4.39 Å². The van der Waals surface area contributed by atoms with Crippen molar-refractivity contribution in [2.75, 3.05) is 12.3 Å². The van der Waals surface area contributed by atoms with Crippen molar-refractivity contribution < 1.29 is 4.39 Å². The van der Waals surface area contributed by atoms with Crippen LogP contribution in [0.3, 0.4) is 0 Å². The van der Waals surface area contributed by atoms with Gasteiger partial charge in [0.15, 0.2) is 0 Å². The summed E-state index contributed by atoms with van der Waals surface area (Å²) in [6.07, 6.45) is 4.85. The van der Waals surface area contributed by atoms with Gasteiger partial charge < -0.3 is 5.32 Å². The van der Waals surface area contributed by atoms with Crippen LogP contribution in [0.15, 0.2) is 47.6 Å². The maximum Gasteiger partial charge on any atom is 0.123 e. The number of pyridine rings is 1. The first-order chi connectivity index (χ1) is 10.2. The zero-order valence-corrected chi connectivity index (χ0v) is 13.3. The van der Waals surface area contributed by atoms with E-state index in [-0.39, 0.29) is 11.9 Å². The SMILES string of the molecule is CCCNC(CSc1ccc(F)cc1)c1cnccc1C. The molecule has 0 aliphatic carbocycles. The van der Waals surface area contributed by atoms with E-state index in [4.69, 9.17) is 0 Å². The van der Waals surface area contributed by atoms with Crippen LogP contribution in [0.1, 0.15) is 30.5 Å². The molecule has 112 valence electrons. The lowest BCUT2D eigenvalue weighted by Crippen LogP contribution is -2.25. The molecule has 1 atom stereocenters. The summed E-state index contributed by atoms with van der Waals surface area (Å²) < 4.78 is 12.9. The molecule has 0 spiro atoms. The summed E-state index contributed by atoms with van der Waals surface area (Å²) in [7, 11) is 0. The molecule has 1 unspecified atom stereocenters. The molecule has 1 aromatic carbocycles. The quantitative estimate of drug-likeness (QED) is 0.769. The fraction of sp³-hybridized carbons (Fsp3) is 0.353. The summed E-state index contributed by atoms with van der Waals surface area (Å²) in [6.45, 7) is 5.25. The highest BCUT2D eigenvalue weighted by molar-refractivity contribution is 7.99. The zero-order valence-electron chi connectivity index (χ0n) is 12.5. The molecular weight excluding hydrogens is 283 g/mol. The lowest BCUT2D eigenvalue weighted by atomic mass is 10.1. The molecule has 21 heavy (non-hydrogen) atoms. The first kappa shape index (κ1) is 16.0. The highest BCUT2D eigenvalue weighted by atomic mass is 32.2. The molecule has 1 heterocycles. The number of benzene rings is 1. The molecule has 1 aromatic heterocycles. The van der Waals surface area contributed by atoms with Gasteiger partial charge in [0, 0.05) is 29.1 Å². The minimum Gasteiger partial charge on any atom is -0.309 e. The Morgan fingerprint density at radius 3 is 2.67 bits per heavy atom. The van der Waals surface area contributed by atoms with Crippen LogP contribution >= 0.6 is 11.8 Å². The van der Waals surface area contributed by atoms with Crippen LogP contribution < -0.4 is 5.32 Å². The third-order valence-electron chi connectivity index (χ3n) is 3.33. The number of nitrogens with zero attached hydrogens (tertiary/aromatic N) is 1. The summed E-state index contributed by atoms with van der Waals surface area (Å²) in [6, 6.07) is 8.96. The number of hydrogen-bond acceptors (Lipinski definition) is 3. The maximum absolute atomic E-state index is 12.9. The standard InChI is InChI=1S/C17H21FN2S/c1-3-9-20-17(16-11-19-10-8-13(16)2)12-21-15-6-4-14(18)5-7-15/h4-8,10-11,17,20H,3,9,12H2,1-2H3. The van der Waals surface area contributed by atoms with Crippen molar-refractivity contribution in [3.05, 3.63) is 59.7 Å². The smallest absolute Gasteiger partial charge is 0.123 e. The van der Waals surface area contributed by atoms with E-state index in [2.05, 4.69) is 24.1 Å².